The van der Waals surface area contributed by atoms with Crippen LogP contribution in [-0.2, 0) is 4.79 Å². The molecular formula is C10H11BrO3. The number of carbonyl (C=O) groups is 1. The van der Waals surface area contributed by atoms with Crippen LogP contribution in [0.15, 0.2) is 22.7 Å². The van der Waals surface area contributed by atoms with Gasteiger partial charge in [0.25, 0.3) is 0 Å². The number of halogens is 1. The summed E-state index contributed by atoms with van der Waals surface area (Å²) in [5.41, 5.74) is 0. The molecule has 4 heteroatoms. The predicted molar refractivity (Wildman–Crippen MR) is 56.8 cm³/mol. The summed E-state index contributed by atoms with van der Waals surface area (Å²) >= 11 is 3.32. The third kappa shape index (κ3) is 2.73. The lowest BCUT2D eigenvalue weighted by Gasteiger charge is -2.12. The average molecular weight is 259 g/mol. The number of hydrogen-bond acceptors (Lipinski definition) is 3. The Bertz CT molecular complexity index is 325. The molecule has 0 saturated carbocycles. The Hall–Kier alpha value is -1.03. The van der Waals surface area contributed by atoms with Gasteiger partial charge in [-0.2, -0.15) is 0 Å². The van der Waals surface area contributed by atoms with Crippen LogP contribution in [0.3, 0.4) is 0 Å². The van der Waals surface area contributed by atoms with E-state index in [1.165, 1.54) is 0 Å². The zero-order chi connectivity index (χ0) is 10.6. The summed E-state index contributed by atoms with van der Waals surface area (Å²) in [7, 11) is 1.56. The van der Waals surface area contributed by atoms with Crippen molar-refractivity contribution < 1.29 is 14.3 Å². The molecule has 0 radical (unpaired) electrons. The second-order valence-corrected chi connectivity index (χ2v) is 3.67. The van der Waals surface area contributed by atoms with Gasteiger partial charge in [0.15, 0.2) is 23.9 Å². The molecule has 0 aliphatic heterocycles. The summed E-state index contributed by atoms with van der Waals surface area (Å²) in [5, 5.41) is 0. The largest absolute Gasteiger partial charge is 0.493 e. The molecule has 0 aliphatic rings. The van der Waals surface area contributed by atoms with Crippen LogP contribution >= 0.6 is 15.9 Å². The van der Waals surface area contributed by atoms with Crippen LogP contribution in [0, 0.1) is 0 Å². The highest BCUT2D eigenvalue weighted by Crippen LogP contribution is 2.30. The topological polar surface area (TPSA) is 35.5 Å². The number of methoxy groups -OCH3 is 1. The third-order valence-electron chi connectivity index (χ3n) is 1.63. The minimum absolute atomic E-state index is 0.468. The SMILES string of the molecule is COc1cc(Br)ccc1O[C@H](C)C=O. The lowest BCUT2D eigenvalue weighted by molar-refractivity contribution is -0.113. The van der Waals surface area contributed by atoms with E-state index in [9.17, 15) is 4.79 Å². The highest BCUT2D eigenvalue weighted by atomic mass is 79.9. The first-order valence-electron chi connectivity index (χ1n) is 4.13. The fraction of sp³-hybridized carbons (Fsp3) is 0.300. The Kier molecular flexibility index (Phi) is 3.95. The second kappa shape index (κ2) is 5.00. The van der Waals surface area contributed by atoms with E-state index in [-0.39, 0.29) is 0 Å². The summed E-state index contributed by atoms with van der Waals surface area (Å²) in [6, 6.07) is 5.37. The summed E-state index contributed by atoms with van der Waals surface area (Å²) in [4.78, 5) is 10.4. The molecule has 1 aromatic carbocycles. The van der Waals surface area contributed by atoms with Crippen LogP contribution in [0.5, 0.6) is 11.5 Å². The number of ether oxygens (including phenoxy) is 2. The summed E-state index contributed by atoms with van der Waals surface area (Å²) in [6.07, 6.45) is 0.270. The van der Waals surface area contributed by atoms with Gasteiger partial charge in [-0.3, -0.25) is 4.79 Å². The Morgan fingerprint density at radius 3 is 2.71 bits per heavy atom. The van der Waals surface area contributed by atoms with E-state index >= 15 is 0 Å². The van der Waals surface area contributed by atoms with Crippen molar-refractivity contribution in [1.82, 2.24) is 0 Å². The van der Waals surface area contributed by atoms with Gasteiger partial charge in [-0.1, -0.05) is 15.9 Å². The zero-order valence-electron chi connectivity index (χ0n) is 7.99. The Morgan fingerprint density at radius 1 is 1.43 bits per heavy atom. The Balaban J connectivity index is 2.90. The molecule has 0 saturated heterocycles. The molecule has 0 bridgehead atoms. The van der Waals surface area contributed by atoms with E-state index in [1.807, 2.05) is 6.07 Å². The van der Waals surface area contributed by atoms with Gasteiger partial charge in [0.1, 0.15) is 0 Å². The first kappa shape index (κ1) is 11.0. The fourth-order valence-corrected chi connectivity index (χ4v) is 1.31. The van der Waals surface area contributed by atoms with Crippen molar-refractivity contribution in [3.63, 3.8) is 0 Å². The van der Waals surface area contributed by atoms with E-state index in [0.29, 0.717) is 11.5 Å². The third-order valence-corrected chi connectivity index (χ3v) is 2.12. The molecule has 0 N–H and O–H groups in total. The van der Waals surface area contributed by atoms with Gasteiger partial charge in [0.05, 0.1) is 7.11 Å². The van der Waals surface area contributed by atoms with Crippen LogP contribution in [0.1, 0.15) is 6.92 Å². The molecule has 0 unspecified atom stereocenters. The minimum atomic E-state index is -0.468. The first-order valence-corrected chi connectivity index (χ1v) is 4.92. The molecule has 14 heavy (non-hydrogen) atoms. The quantitative estimate of drug-likeness (QED) is 0.779. The number of rotatable bonds is 4. The van der Waals surface area contributed by atoms with Crippen molar-refractivity contribution in [3.05, 3.63) is 22.7 Å². The van der Waals surface area contributed by atoms with Gasteiger partial charge in [-0.15, -0.1) is 0 Å². The average Bonchev–Trinajstić information content (AvgIpc) is 2.20. The van der Waals surface area contributed by atoms with Gasteiger partial charge in [-0.05, 0) is 25.1 Å². The maximum Gasteiger partial charge on any atom is 0.162 e. The van der Waals surface area contributed by atoms with Crippen molar-refractivity contribution in [2.45, 2.75) is 13.0 Å². The van der Waals surface area contributed by atoms with Crippen LogP contribution in [0.2, 0.25) is 0 Å². The Labute approximate surface area is 91.1 Å². The van der Waals surface area contributed by atoms with Crippen molar-refractivity contribution in [2.24, 2.45) is 0 Å². The van der Waals surface area contributed by atoms with Crippen molar-refractivity contribution >= 4 is 22.2 Å². The lowest BCUT2D eigenvalue weighted by atomic mass is 10.3. The lowest BCUT2D eigenvalue weighted by Crippen LogP contribution is -2.13. The molecule has 1 aromatic rings. The zero-order valence-corrected chi connectivity index (χ0v) is 9.58. The van der Waals surface area contributed by atoms with E-state index in [0.717, 1.165) is 10.8 Å². The smallest absolute Gasteiger partial charge is 0.162 e. The van der Waals surface area contributed by atoms with Crippen LogP contribution in [0.4, 0.5) is 0 Å². The molecule has 3 nitrogen and oxygen atoms in total. The summed E-state index contributed by atoms with van der Waals surface area (Å²) in [6.45, 7) is 1.68. The van der Waals surface area contributed by atoms with E-state index < -0.39 is 6.10 Å². The maximum absolute atomic E-state index is 10.4. The maximum atomic E-state index is 10.4. The molecule has 0 aliphatic carbocycles. The molecule has 0 fully saturated rings. The van der Waals surface area contributed by atoms with Crippen molar-refractivity contribution in [2.75, 3.05) is 7.11 Å². The van der Waals surface area contributed by atoms with Gasteiger partial charge in [0.2, 0.25) is 0 Å². The minimum Gasteiger partial charge on any atom is -0.493 e. The van der Waals surface area contributed by atoms with Gasteiger partial charge < -0.3 is 9.47 Å². The normalized spacial score (nSPS) is 11.9. The van der Waals surface area contributed by atoms with Gasteiger partial charge >= 0.3 is 0 Å². The Morgan fingerprint density at radius 2 is 2.14 bits per heavy atom. The summed E-state index contributed by atoms with van der Waals surface area (Å²) in [5.74, 6) is 1.17. The monoisotopic (exact) mass is 258 g/mol. The van der Waals surface area contributed by atoms with Crippen LogP contribution in [-0.4, -0.2) is 19.5 Å². The second-order valence-electron chi connectivity index (χ2n) is 2.75. The van der Waals surface area contributed by atoms with E-state index in [1.54, 1.807) is 26.2 Å². The highest BCUT2D eigenvalue weighted by molar-refractivity contribution is 9.10. The summed E-state index contributed by atoms with van der Waals surface area (Å²) < 4.78 is 11.3. The predicted octanol–water partition coefficient (Wildman–Crippen LogP) is 2.42. The van der Waals surface area contributed by atoms with Crippen LogP contribution < -0.4 is 9.47 Å². The van der Waals surface area contributed by atoms with E-state index in [2.05, 4.69) is 15.9 Å². The van der Waals surface area contributed by atoms with Gasteiger partial charge in [0, 0.05) is 4.47 Å². The molecule has 1 rings (SSSR count). The first-order chi connectivity index (χ1) is 6.67. The molecular weight excluding hydrogens is 248 g/mol. The van der Waals surface area contributed by atoms with E-state index in [4.69, 9.17) is 9.47 Å². The molecule has 0 spiro atoms. The molecule has 0 heterocycles. The number of benzene rings is 1. The highest BCUT2D eigenvalue weighted by Gasteiger charge is 2.08. The number of carbonyl (C=O) groups excluding carboxylic acids is 1. The van der Waals surface area contributed by atoms with Crippen LogP contribution in [0.25, 0.3) is 0 Å². The molecule has 1 atom stereocenters. The fourth-order valence-electron chi connectivity index (χ4n) is 0.967. The van der Waals surface area contributed by atoms with Crippen molar-refractivity contribution in [1.29, 1.82) is 0 Å². The van der Waals surface area contributed by atoms with Crippen molar-refractivity contribution in [3.8, 4) is 11.5 Å². The number of aldehydes is 1. The standard InChI is InChI=1S/C10H11BrO3/c1-7(6-12)14-9-4-3-8(11)5-10(9)13-2/h3-7H,1-2H3/t7-/m1/s1. The molecule has 76 valence electrons. The molecule has 0 amide bonds. The molecule has 0 aromatic heterocycles. The van der Waals surface area contributed by atoms with Gasteiger partial charge in [-0.25, -0.2) is 0 Å². The number of hydrogen-bond donors (Lipinski definition) is 0.